The molecule has 0 aliphatic rings. The minimum atomic E-state index is 1.00. The van der Waals surface area contributed by atoms with Crippen LogP contribution >= 0.6 is 0 Å². The SMILES string of the molecule is CO/C=C\C(C)=CCC=C(C)C. The van der Waals surface area contributed by atoms with E-state index in [4.69, 9.17) is 4.74 Å². The Morgan fingerprint density at radius 1 is 1.17 bits per heavy atom. The van der Waals surface area contributed by atoms with Crippen LogP contribution in [-0.4, -0.2) is 7.11 Å². The first kappa shape index (κ1) is 11.0. The summed E-state index contributed by atoms with van der Waals surface area (Å²) in [4.78, 5) is 0. The van der Waals surface area contributed by atoms with Crippen LogP contribution in [0.1, 0.15) is 27.2 Å². The number of hydrogen-bond acceptors (Lipinski definition) is 1. The van der Waals surface area contributed by atoms with Crippen LogP contribution in [0.5, 0.6) is 0 Å². The number of rotatable bonds is 4. The number of ether oxygens (including phenoxy) is 1. The zero-order chi connectivity index (χ0) is 9.40. The molecule has 0 unspecified atom stereocenters. The van der Waals surface area contributed by atoms with Crippen LogP contribution in [0.4, 0.5) is 0 Å². The number of hydrogen-bond donors (Lipinski definition) is 0. The van der Waals surface area contributed by atoms with Crippen molar-refractivity contribution < 1.29 is 4.74 Å². The van der Waals surface area contributed by atoms with Crippen molar-refractivity contribution in [2.45, 2.75) is 27.2 Å². The first-order valence-corrected chi connectivity index (χ1v) is 4.16. The van der Waals surface area contributed by atoms with Gasteiger partial charge in [-0.05, 0) is 33.3 Å². The summed E-state index contributed by atoms with van der Waals surface area (Å²) in [5.74, 6) is 0. The molecule has 0 fully saturated rings. The molecule has 0 aromatic rings. The van der Waals surface area contributed by atoms with Crippen LogP contribution in [0.2, 0.25) is 0 Å². The average molecular weight is 166 g/mol. The third kappa shape index (κ3) is 7.13. The van der Waals surface area contributed by atoms with Crippen LogP contribution in [-0.2, 0) is 4.74 Å². The molecule has 68 valence electrons. The van der Waals surface area contributed by atoms with Crippen molar-refractivity contribution in [3.05, 3.63) is 35.6 Å². The summed E-state index contributed by atoms with van der Waals surface area (Å²) in [5.41, 5.74) is 2.59. The van der Waals surface area contributed by atoms with Crippen molar-refractivity contribution in [3.63, 3.8) is 0 Å². The fraction of sp³-hybridized carbons (Fsp3) is 0.455. The molecule has 0 atom stereocenters. The fourth-order valence-corrected chi connectivity index (χ4v) is 0.724. The molecule has 0 saturated carbocycles. The molecule has 0 bridgehead atoms. The molecule has 1 nitrogen and oxygen atoms in total. The summed E-state index contributed by atoms with van der Waals surface area (Å²) in [5, 5.41) is 0. The van der Waals surface area contributed by atoms with Crippen molar-refractivity contribution in [1.29, 1.82) is 0 Å². The van der Waals surface area contributed by atoms with Crippen LogP contribution < -0.4 is 0 Å². The van der Waals surface area contributed by atoms with Crippen molar-refractivity contribution in [2.24, 2.45) is 0 Å². The first-order chi connectivity index (χ1) is 5.66. The normalized spacial score (nSPS) is 11.8. The van der Waals surface area contributed by atoms with Crippen molar-refractivity contribution in [1.82, 2.24) is 0 Å². The van der Waals surface area contributed by atoms with E-state index in [1.165, 1.54) is 11.1 Å². The Kier molecular flexibility index (Phi) is 6.16. The maximum absolute atomic E-state index is 4.80. The highest BCUT2D eigenvalue weighted by Crippen LogP contribution is 2.00. The zero-order valence-electron chi connectivity index (χ0n) is 8.42. The molecule has 0 radical (unpaired) electrons. The average Bonchev–Trinajstić information content (AvgIpc) is 2.00. The Morgan fingerprint density at radius 2 is 1.83 bits per heavy atom. The van der Waals surface area contributed by atoms with Gasteiger partial charge in [0.1, 0.15) is 0 Å². The third-order valence-electron chi connectivity index (χ3n) is 1.43. The summed E-state index contributed by atoms with van der Waals surface area (Å²) in [6.45, 7) is 6.27. The summed E-state index contributed by atoms with van der Waals surface area (Å²) in [6, 6.07) is 0. The number of allylic oxidation sites excluding steroid dienone is 5. The van der Waals surface area contributed by atoms with Crippen molar-refractivity contribution >= 4 is 0 Å². The summed E-state index contributed by atoms with van der Waals surface area (Å²) < 4.78 is 4.80. The van der Waals surface area contributed by atoms with Gasteiger partial charge in [0.2, 0.25) is 0 Å². The highest BCUT2D eigenvalue weighted by molar-refractivity contribution is 5.16. The topological polar surface area (TPSA) is 9.23 Å². The monoisotopic (exact) mass is 166 g/mol. The van der Waals surface area contributed by atoms with Gasteiger partial charge in [0.15, 0.2) is 0 Å². The molecular weight excluding hydrogens is 148 g/mol. The summed E-state index contributed by atoms with van der Waals surface area (Å²) in [6.07, 6.45) is 9.02. The highest BCUT2D eigenvalue weighted by atomic mass is 16.5. The van der Waals surface area contributed by atoms with Gasteiger partial charge in [0, 0.05) is 0 Å². The summed E-state index contributed by atoms with van der Waals surface area (Å²) in [7, 11) is 1.65. The van der Waals surface area contributed by atoms with E-state index in [0.29, 0.717) is 0 Å². The van der Waals surface area contributed by atoms with Gasteiger partial charge in [-0.15, -0.1) is 0 Å². The van der Waals surface area contributed by atoms with Gasteiger partial charge in [-0.1, -0.05) is 23.3 Å². The lowest BCUT2D eigenvalue weighted by molar-refractivity contribution is 0.338. The third-order valence-corrected chi connectivity index (χ3v) is 1.43. The van der Waals surface area contributed by atoms with Gasteiger partial charge < -0.3 is 4.74 Å². The minimum Gasteiger partial charge on any atom is -0.504 e. The second-order valence-corrected chi connectivity index (χ2v) is 3.00. The van der Waals surface area contributed by atoms with Crippen LogP contribution in [0.15, 0.2) is 35.6 Å². The van der Waals surface area contributed by atoms with Gasteiger partial charge in [-0.3, -0.25) is 0 Å². The Morgan fingerprint density at radius 3 is 2.33 bits per heavy atom. The van der Waals surface area contributed by atoms with E-state index in [0.717, 1.165) is 6.42 Å². The summed E-state index contributed by atoms with van der Waals surface area (Å²) >= 11 is 0. The van der Waals surface area contributed by atoms with E-state index in [9.17, 15) is 0 Å². The second-order valence-electron chi connectivity index (χ2n) is 3.00. The lowest BCUT2D eigenvalue weighted by Gasteiger charge is -1.91. The van der Waals surface area contributed by atoms with Crippen LogP contribution in [0.25, 0.3) is 0 Å². The van der Waals surface area contributed by atoms with Gasteiger partial charge >= 0.3 is 0 Å². The zero-order valence-corrected chi connectivity index (χ0v) is 8.42. The van der Waals surface area contributed by atoms with Gasteiger partial charge in [0.25, 0.3) is 0 Å². The standard InChI is InChI=1S/C11H18O/c1-10(2)6-5-7-11(3)8-9-12-4/h6-9H,5H2,1-4H3/b9-8-,11-7?. The van der Waals surface area contributed by atoms with Gasteiger partial charge in [0.05, 0.1) is 13.4 Å². The highest BCUT2D eigenvalue weighted by Gasteiger charge is 1.80. The predicted molar refractivity (Wildman–Crippen MR) is 54.0 cm³/mol. The molecular formula is C11H18O. The maximum atomic E-state index is 4.80. The van der Waals surface area contributed by atoms with Crippen LogP contribution in [0, 0.1) is 0 Å². The molecule has 0 rings (SSSR count). The molecule has 0 N–H and O–H groups in total. The Hall–Kier alpha value is -0.980. The lowest BCUT2D eigenvalue weighted by Crippen LogP contribution is -1.71. The van der Waals surface area contributed by atoms with E-state index in [1.807, 2.05) is 6.08 Å². The Labute approximate surface area is 75.4 Å². The molecule has 0 aromatic heterocycles. The fourth-order valence-electron chi connectivity index (χ4n) is 0.724. The van der Waals surface area contributed by atoms with Crippen molar-refractivity contribution in [3.8, 4) is 0 Å². The van der Waals surface area contributed by atoms with Gasteiger partial charge in [-0.2, -0.15) is 0 Å². The molecule has 0 saturated heterocycles. The molecule has 0 aliphatic carbocycles. The number of methoxy groups -OCH3 is 1. The minimum absolute atomic E-state index is 1.00. The molecule has 1 heteroatoms. The molecule has 0 aromatic carbocycles. The van der Waals surface area contributed by atoms with E-state index < -0.39 is 0 Å². The molecule has 0 aliphatic heterocycles. The molecule has 0 spiro atoms. The first-order valence-electron chi connectivity index (χ1n) is 4.16. The molecule has 12 heavy (non-hydrogen) atoms. The lowest BCUT2D eigenvalue weighted by atomic mass is 10.2. The quantitative estimate of drug-likeness (QED) is 0.353. The predicted octanol–water partition coefficient (Wildman–Crippen LogP) is 3.45. The van der Waals surface area contributed by atoms with E-state index in [-0.39, 0.29) is 0 Å². The van der Waals surface area contributed by atoms with E-state index >= 15 is 0 Å². The Bertz CT molecular complexity index is 193. The second kappa shape index (κ2) is 6.71. The Balaban J connectivity index is 3.85. The van der Waals surface area contributed by atoms with Crippen LogP contribution in [0.3, 0.4) is 0 Å². The maximum Gasteiger partial charge on any atom is 0.0827 e. The molecule has 0 heterocycles. The van der Waals surface area contributed by atoms with E-state index in [1.54, 1.807) is 13.4 Å². The van der Waals surface area contributed by atoms with Crippen molar-refractivity contribution in [2.75, 3.05) is 7.11 Å². The largest absolute Gasteiger partial charge is 0.504 e. The smallest absolute Gasteiger partial charge is 0.0827 e. The van der Waals surface area contributed by atoms with Gasteiger partial charge in [-0.25, -0.2) is 0 Å². The van der Waals surface area contributed by atoms with E-state index in [2.05, 4.69) is 32.9 Å². The molecule has 0 amide bonds.